The molecule has 2 aromatic rings. The third-order valence-electron chi connectivity index (χ3n) is 2.62. The second-order valence-electron chi connectivity index (χ2n) is 3.57. The van der Waals surface area contributed by atoms with Gasteiger partial charge in [0.05, 0.1) is 11.1 Å². The summed E-state index contributed by atoms with van der Waals surface area (Å²) < 4.78 is 0. The number of benzene rings is 1. The van der Waals surface area contributed by atoms with Crippen LogP contribution in [0.3, 0.4) is 0 Å². The zero-order valence-electron chi connectivity index (χ0n) is 8.54. The highest BCUT2D eigenvalue weighted by molar-refractivity contribution is 6.32. The molecule has 0 unspecified atom stereocenters. The zero-order chi connectivity index (χ0) is 11.0. The Morgan fingerprint density at radius 3 is 2.73 bits per heavy atom. The van der Waals surface area contributed by atoms with E-state index in [2.05, 4.69) is 4.98 Å². The van der Waals surface area contributed by atoms with Crippen LogP contribution in [0.15, 0.2) is 18.2 Å². The zero-order valence-corrected chi connectivity index (χ0v) is 9.30. The molecule has 0 atom stereocenters. The number of hydrogen-bond donors (Lipinski definition) is 0. The van der Waals surface area contributed by atoms with Gasteiger partial charge in [-0.05, 0) is 31.0 Å². The topological polar surface area (TPSA) is 30.0 Å². The van der Waals surface area contributed by atoms with E-state index in [0.717, 1.165) is 22.8 Å². The number of halogens is 1. The summed E-state index contributed by atoms with van der Waals surface area (Å²) in [6.07, 6.45) is 0.726. The predicted molar refractivity (Wildman–Crippen MR) is 61.6 cm³/mol. The summed E-state index contributed by atoms with van der Waals surface area (Å²) >= 11 is 5.89. The fraction of sp³-hybridized carbons (Fsp3) is 0.167. The van der Waals surface area contributed by atoms with Gasteiger partial charge in [0.1, 0.15) is 5.15 Å². The van der Waals surface area contributed by atoms with Gasteiger partial charge < -0.3 is 0 Å². The summed E-state index contributed by atoms with van der Waals surface area (Å²) in [6, 6.07) is 5.74. The van der Waals surface area contributed by atoms with Crippen molar-refractivity contribution in [3.05, 3.63) is 40.0 Å². The molecule has 1 aromatic heterocycles. The van der Waals surface area contributed by atoms with Crippen LogP contribution in [0.4, 0.5) is 0 Å². The lowest BCUT2D eigenvalue weighted by Crippen LogP contribution is -1.92. The first kappa shape index (κ1) is 10.1. The van der Waals surface area contributed by atoms with Crippen LogP contribution in [0.1, 0.15) is 21.5 Å². The molecular weight excluding hydrogens is 210 g/mol. The van der Waals surface area contributed by atoms with Crippen molar-refractivity contribution in [2.75, 3.05) is 0 Å². The fourth-order valence-corrected chi connectivity index (χ4v) is 1.74. The van der Waals surface area contributed by atoms with Crippen molar-refractivity contribution in [2.24, 2.45) is 0 Å². The van der Waals surface area contributed by atoms with Crippen LogP contribution >= 0.6 is 11.6 Å². The van der Waals surface area contributed by atoms with Gasteiger partial charge in [0, 0.05) is 5.39 Å². The Hall–Kier alpha value is -1.41. The van der Waals surface area contributed by atoms with Gasteiger partial charge in [-0.2, -0.15) is 0 Å². The number of fused-ring (bicyclic) bond motifs is 1. The van der Waals surface area contributed by atoms with E-state index in [9.17, 15) is 4.79 Å². The SMILES string of the molecule is Cc1ccc2cc(C=O)c(Cl)nc2c1C. The number of rotatable bonds is 1. The van der Waals surface area contributed by atoms with E-state index in [0.29, 0.717) is 5.56 Å². The minimum absolute atomic E-state index is 0.270. The summed E-state index contributed by atoms with van der Waals surface area (Å²) in [7, 11) is 0. The number of nitrogens with zero attached hydrogens (tertiary/aromatic N) is 1. The van der Waals surface area contributed by atoms with Gasteiger partial charge in [0.15, 0.2) is 6.29 Å². The van der Waals surface area contributed by atoms with Crippen molar-refractivity contribution >= 4 is 28.8 Å². The fourth-order valence-electron chi connectivity index (χ4n) is 1.56. The number of hydrogen-bond acceptors (Lipinski definition) is 2. The van der Waals surface area contributed by atoms with Gasteiger partial charge in [-0.25, -0.2) is 4.98 Å². The molecule has 0 aliphatic rings. The molecule has 2 nitrogen and oxygen atoms in total. The Morgan fingerprint density at radius 2 is 2.07 bits per heavy atom. The first-order chi connectivity index (χ1) is 7.13. The highest BCUT2D eigenvalue weighted by atomic mass is 35.5. The van der Waals surface area contributed by atoms with Crippen molar-refractivity contribution < 1.29 is 4.79 Å². The molecule has 2 rings (SSSR count). The quantitative estimate of drug-likeness (QED) is 0.544. The smallest absolute Gasteiger partial charge is 0.153 e. The number of aromatic nitrogens is 1. The lowest BCUT2D eigenvalue weighted by atomic mass is 10.0. The third-order valence-corrected chi connectivity index (χ3v) is 2.92. The second kappa shape index (κ2) is 3.63. The van der Waals surface area contributed by atoms with Gasteiger partial charge in [-0.15, -0.1) is 0 Å². The number of carbonyl (C=O) groups excluding carboxylic acids is 1. The maximum atomic E-state index is 10.7. The van der Waals surface area contributed by atoms with E-state index in [1.165, 1.54) is 5.56 Å². The van der Waals surface area contributed by atoms with E-state index in [1.54, 1.807) is 6.07 Å². The molecule has 0 radical (unpaired) electrons. The summed E-state index contributed by atoms with van der Waals surface area (Å²) in [5, 5.41) is 1.22. The van der Waals surface area contributed by atoms with Crippen molar-refractivity contribution in [3.63, 3.8) is 0 Å². The normalized spacial score (nSPS) is 10.6. The summed E-state index contributed by atoms with van der Waals surface area (Å²) in [5.41, 5.74) is 3.58. The molecule has 0 bridgehead atoms. The average molecular weight is 220 g/mol. The van der Waals surface area contributed by atoms with Crippen LogP contribution in [-0.4, -0.2) is 11.3 Å². The molecule has 1 heterocycles. The average Bonchev–Trinajstić information content (AvgIpc) is 2.24. The third kappa shape index (κ3) is 1.61. The summed E-state index contributed by atoms with van der Waals surface area (Å²) in [5.74, 6) is 0. The first-order valence-electron chi connectivity index (χ1n) is 4.65. The van der Waals surface area contributed by atoms with E-state index in [-0.39, 0.29) is 5.15 Å². The van der Waals surface area contributed by atoms with Crippen molar-refractivity contribution in [2.45, 2.75) is 13.8 Å². The Balaban J connectivity index is 2.87. The lowest BCUT2D eigenvalue weighted by molar-refractivity contribution is 0.112. The van der Waals surface area contributed by atoms with Gasteiger partial charge in [-0.1, -0.05) is 23.7 Å². The van der Waals surface area contributed by atoms with Crippen LogP contribution in [-0.2, 0) is 0 Å². The highest BCUT2D eigenvalue weighted by Crippen LogP contribution is 2.23. The number of pyridine rings is 1. The van der Waals surface area contributed by atoms with Crippen molar-refractivity contribution in [3.8, 4) is 0 Å². The summed E-state index contributed by atoms with van der Waals surface area (Å²) in [6.45, 7) is 4.03. The standard InChI is InChI=1S/C12H10ClNO/c1-7-3-4-9-5-10(6-15)12(13)14-11(9)8(7)2/h3-6H,1-2H3. The van der Waals surface area contributed by atoms with Crippen LogP contribution in [0.25, 0.3) is 10.9 Å². The highest BCUT2D eigenvalue weighted by Gasteiger charge is 2.06. The molecule has 0 saturated carbocycles. The molecule has 76 valence electrons. The van der Waals surface area contributed by atoms with Crippen LogP contribution < -0.4 is 0 Å². The Morgan fingerprint density at radius 1 is 1.33 bits per heavy atom. The molecule has 0 N–H and O–H groups in total. The second-order valence-corrected chi connectivity index (χ2v) is 3.92. The van der Waals surface area contributed by atoms with E-state index >= 15 is 0 Å². The van der Waals surface area contributed by atoms with Crippen LogP contribution in [0, 0.1) is 13.8 Å². The van der Waals surface area contributed by atoms with Crippen molar-refractivity contribution in [1.29, 1.82) is 0 Å². The monoisotopic (exact) mass is 219 g/mol. The number of carbonyl (C=O) groups is 1. The van der Waals surface area contributed by atoms with Gasteiger partial charge >= 0.3 is 0 Å². The molecule has 0 amide bonds. The molecule has 1 aromatic carbocycles. The number of aryl methyl sites for hydroxylation is 2. The van der Waals surface area contributed by atoms with Gasteiger partial charge in [-0.3, -0.25) is 4.79 Å². The Kier molecular flexibility index (Phi) is 2.45. The molecule has 15 heavy (non-hydrogen) atoms. The molecule has 0 saturated heterocycles. The van der Waals surface area contributed by atoms with E-state index in [1.807, 2.05) is 26.0 Å². The predicted octanol–water partition coefficient (Wildman–Crippen LogP) is 3.32. The van der Waals surface area contributed by atoms with E-state index < -0.39 is 0 Å². The van der Waals surface area contributed by atoms with Gasteiger partial charge in [0.2, 0.25) is 0 Å². The Labute approximate surface area is 92.9 Å². The lowest BCUT2D eigenvalue weighted by Gasteiger charge is -2.06. The van der Waals surface area contributed by atoms with E-state index in [4.69, 9.17) is 11.6 Å². The maximum Gasteiger partial charge on any atom is 0.153 e. The maximum absolute atomic E-state index is 10.7. The minimum atomic E-state index is 0.270. The molecular formula is C12H10ClNO. The largest absolute Gasteiger partial charge is 0.298 e. The molecule has 0 aliphatic heterocycles. The van der Waals surface area contributed by atoms with Crippen LogP contribution in [0.5, 0.6) is 0 Å². The molecule has 0 spiro atoms. The van der Waals surface area contributed by atoms with Crippen molar-refractivity contribution in [1.82, 2.24) is 4.98 Å². The molecule has 0 fully saturated rings. The Bertz CT molecular complexity index is 549. The van der Waals surface area contributed by atoms with Gasteiger partial charge in [0.25, 0.3) is 0 Å². The minimum Gasteiger partial charge on any atom is -0.298 e. The molecule has 3 heteroatoms. The molecule has 0 aliphatic carbocycles. The summed E-state index contributed by atoms with van der Waals surface area (Å²) in [4.78, 5) is 14.9. The van der Waals surface area contributed by atoms with Crippen LogP contribution in [0.2, 0.25) is 5.15 Å². The number of aldehydes is 1. The first-order valence-corrected chi connectivity index (χ1v) is 5.03.